The number of imidazole rings is 1. The van der Waals surface area contributed by atoms with Crippen molar-refractivity contribution in [1.82, 2.24) is 9.38 Å². The molecule has 5 aromatic rings. The Kier molecular flexibility index (Phi) is 4.04. The van der Waals surface area contributed by atoms with Gasteiger partial charge in [-0.3, -0.25) is 4.40 Å². The van der Waals surface area contributed by atoms with Crippen LogP contribution in [0.2, 0.25) is 0 Å². The van der Waals surface area contributed by atoms with Gasteiger partial charge in [-0.1, -0.05) is 78.1 Å². The van der Waals surface area contributed by atoms with Gasteiger partial charge in [0.2, 0.25) is 0 Å². The van der Waals surface area contributed by atoms with Crippen LogP contribution in [0.5, 0.6) is 0 Å². The van der Waals surface area contributed by atoms with Crippen LogP contribution in [0.25, 0.3) is 37.6 Å². The maximum absolute atomic E-state index is 4.80. The number of fused-ring (bicyclic) bond motifs is 3. The van der Waals surface area contributed by atoms with Gasteiger partial charge in [-0.2, -0.15) is 0 Å². The number of rotatable bonds is 2. The summed E-state index contributed by atoms with van der Waals surface area (Å²) in [6.45, 7) is 0. The number of benzene rings is 3. The molecule has 122 valence electrons. The van der Waals surface area contributed by atoms with Gasteiger partial charge in [0.15, 0.2) is 4.96 Å². The van der Waals surface area contributed by atoms with Gasteiger partial charge in [-0.25, -0.2) is 4.98 Å². The largest absolute Gasteiger partial charge is 0.290 e. The number of nitrogens with zero attached hydrogens (tertiary/aromatic N) is 2. The Morgan fingerprint density at radius 3 is 2.12 bits per heavy atom. The van der Waals surface area contributed by atoms with E-state index in [2.05, 4.69) is 83.4 Å². The van der Waals surface area contributed by atoms with E-state index in [0.717, 1.165) is 16.2 Å². The van der Waals surface area contributed by atoms with E-state index in [0.29, 0.717) is 0 Å². The molecule has 4 heteroatoms. The van der Waals surface area contributed by atoms with E-state index in [1.165, 1.54) is 21.3 Å². The normalized spacial score (nSPS) is 10.9. The van der Waals surface area contributed by atoms with E-state index < -0.39 is 0 Å². The lowest BCUT2D eigenvalue weighted by atomic mass is 10.0. The number of aromatic nitrogens is 2. The van der Waals surface area contributed by atoms with E-state index in [1.807, 2.05) is 6.07 Å². The molecule has 0 aliphatic carbocycles. The fraction of sp³-hybridized carbons (Fsp3) is 0. The lowest BCUT2D eigenvalue weighted by Crippen LogP contribution is -1.80. The maximum atomic E-state index is 4.80. The highest BCUT2D eigenvalue weighted by molar-refractivity contribution is 7.23. The molecule has 0 saturated carbocycles. The van der Waals surface area contributed by atoms with Crippen molar-refractivity contribution in [2.75, 3.05) is 0 Å². The summed E-state index contributed by atoms with van der Waals surface area (Å²) in [4.78, 5) is 5.84. The summed E-state index contributed by atoms with van der Waals surface area (Å²) in [6, 6.07) is 27.5. The standard InChI is InChI=1S/C21H14N2S.ClH/c1-2-6-15(7-3-1)16-10-12-17(13-11-16)18-14-23-19-8-4-5-9-20(19)24-21(23)22-18;/h1-14H;1H. The monoisotopic (exact) mass is 362 g/mol. The minimum Gasteiger partial charge on any atom is -0.290 e. The number of thiazole rings is 1. The van der Waals surface area contributed by atoms with Crippen molar-refractivity contribution >= 4 is 38.9 Å². The molecule has 5 rings (SSSR count). The van der Waals surface area contributed by atoms with Crippen LogP contribution in [0.15, 0.2) is 85.1 Å². The first-order chi connectivity index (χ1) is 11.9. The van der Waals surface area contributed by atoms with Gasteiger partial charge < -0.3 is 0 Å². The molecule has 2 heterocycles. The minimum absolute atomic E-state index is 0. The zero-order valence-electron chi connectivity index (χ0n) is 13.3. The summed E-state index contributed by atoms with van der Waals surface area (Å²) in [5.41, 5.74) is 5.85. The van der Waals surface area contributed by atoms with E-state index in [1.54, 1.807) is 11.3 Å². The van der Waals surface area contributed by atoms with Gasteiger partial charge in [-0.15, -0.1) is 12.4 Å². The van der Waals surface area contributed by atoms with Crippen LogP contribution in [-0.2, 0) is 0 Å². The first kappa shape index (κ1) is 15.9. The second-order valence-electron chi connectivity index (χ2n) is 5.79. The van der Waals surface area contributed by atoms with Crippen molar-refractivity contribution in [1.29, 1.82) is 0 Å². The smallest absolute Gasteiger partial charge is 0.195 e. The molecule has 3 aromatic carbocycles. The van der Waals surface area contributed by atoms with Crippen LogP contribution >= 0.6 is 23.7 Å². The average molecular weight is 363 g/mol. The zero-order valence-corrected chi connectivity index (χ0v) is 14.9. The number of hydrogen-bond donors (Lipinski definition) is 0. The Labute approximate surface area is 155 Å². The molecule has 25 heavy (non-hydrogen) atoms. The molecule has 0 amide bonds. The first-order valence-electron chi connectivity index (χ1n) is 7.91. The molecular weight excluding hydrogens is 348 g/mol. The van der Waals surface area contributed by atoms with Crippen molar-refractivity contribution < 1.29 is 0 Å². The van der Waals surface area contributed by atoms with E-state index in [9.17, 15) is 0 Å². The second kappa shape index (κ2) is 6.36. The van der Waals surface area contributed by atoms with Gasteiger partial charge >= 0.3 is 0 Å². The van der Waals surface area contributed by atoms with Crippen LogP contribution in [-0.4, -0.2) is 9.38 Å². The topological polar surface area (TPSA) is 17.3 Å². The molecule has 0 radical (unpaired) electrons. The Balaban J connectivity index is 0.00000157. The van der Waals surface area contributed by atoms with Crippen molar-refractivity contribution in [3.05, 3.63) is 85.1 Å². The molecule has 0 unspecified atom stereocenters. The SMILES string of the molecule is Cl.c1ccc(-c2ccc(-c3cn4c(n3)sc3ccccc34)cc2)cc1. The van der Waals surface area contributed by atoms with E-state index in [-0.39, 0.29) is 12.4 Å². The molecule has 2 nitrogen and oxygen atoms in total. The number of hydrogen-bond acceptors (Lipinski definition) is 2. The summed E-state index contributed by atoms with van der Waals surface area (Å²) in [7, 11) is 0. The zero-order chi connectivity index (χ0) is 15.9. The Morgan fingerprint density at radius 1 is 0.680 bits per heavy atom. The lowest BCUT2D eigenvalue weighted by Gasteiger charge is -2.02. The van der Waals surface area contributed by atoms with Crippen molar-refractivity contribution in [3.8, 4) is 22.4 Å². The third kappa shape index (κ3) is 2.72. The van der Waals surface area contributed by atoms with Crippen LogP contribution in [0.3, 0.4) is 0 Å². The van der Waals surface area contributed by atoms with Gasteiger partial charge in [0.1, 0.15) is 0 Å². The van der Waals surface area contributed by atoms with Crippen LogP contribution < -0.4 is 0 Å². The van der Waals surface area contributed by atoms with E-state index in [4.69, 9.17) is 4.98 Å². The van der Waals surface area contributed by atoms with Crippen LogP contribution in [0.4, 0.5) is 0 Å². The Bertz CT molecular complexity index is 1140. The summed E-state index contributed by atoms with van der Waals surface area (Å²) >= 11 is 1.73. The summed E-state index contributed by atoms with van der Waals surface area (Å²) < 4.78 is 3.45. The predicted octanol–water partition coefficient (Wildman–Crippen LogP) is 6.30. The Morgan fingerprint density at radius 2 is 1.32 bits per heavy atom. The van der Waals surface area contributed by atoms with Crippen molar-refractivity contribution in [2.24, 2.45) is 0 Å². The average Bonchev–Trinajstić information content (AvgIpc) is 3.21. The van der Waals surface area contributed by atoms with Crippen LogP contribution in [0.1, 0.15) is 0 Å². The molecular formula is C21H15ClN2S. The molecule has 2 aromatic heterocycles. The molecule has 0 N–H and O–H groups in total. The van der Waals surface area contributed by atoms with Crippen molar-refractivity contribution in [3.63, 3.8) is 0 Å². The molecule has 0 saturated heterocycles. The maximum Gasteiger partial charge on any atom is 0.195 e. The van der Waals surface area contributed by atoms with Gasteiger partial charge in [0.05, 0.1) is 15.9 Å². The quantitative estimate of drug-likeness (QED) is 0.360. The first-order valence-corrected chi connectivity index (χ1v) is 8.73. The molecule has 0 bridgehead atoms. The van der Waals surface area contributed by atoms with Crippen LogP contribution in [0, 0.1) is 0 Å². The van der Waals surface area contributed by atoms with Gasteiger partial charge in [-0.05, 0) is 23.3 Å². The molecule has 0 fully saturated rings. The highest BCUT2D eigenvalue weighted by Gasteiger charge is 2.09. The Hall–Kier alpha value is -2.62. The fourth-order valence-corrected chi connectivity index (χ4v) is 4.06. The minimum atomic E-state index is 0. The van der Waals surface area contributed by atoms with E-state index >= 15 is 0 Å². The second-order valence-corrected chi connectivity index (χ2v) is 6.80. The summed E-state index contributed by atoms with van der Waals surface area (Å²) in [6.07, 6.45) is 2.13. The third-order valence-electron chi connectivity index (χ3n) is 4.29. The molecule has 0 spiro atoms. The third-order valence-corrected chi connectivity index (χ3v) is 5.32. The number of halogens is 1. The highest BCUT2D eigenvalue weighted by atomic mass is 35.5. The predicted molar refractivity (Wildman–Crippen MR) is 109 cm³/mol. The lowest BCUT2D eigenvalue weighted by molar-refractivity contribution is 1.30. The fourth-order valence-electron chi connectivity index (χ4n) is 3.05. The van der Waals surface area contributed by atoms with Gasteiger partial charge in [0, 0.05) is 11.8 Å². The highest BCUT2D eigenvalue weighted by Crippen LogP contribution is 2.30. The summed E-state index contributed by atoms with van der Waals surface area (Å²) in [5.74, 6) is 0. The number of para-hydroxylation sites is 1. The summed E-state index contributed by atoms with van der Waals surface area (Å²) in [5, 5.41) is 0. The molecule has 0 aliphatic heterocycles. The van der Waals surface area contributed by atoms with Crippen molar-refractivity contribution in [2.45, 2.75) is 0 Å². The molecule has 0 atom stereocenters. The van der Waals surface area contributed by atoms with Gasteiger partial charge in [0.25, 0.3) is 0 Å². The molecule has 0 aliphatic rings.